The summed E-state index contributed by atoms with van der Waals surface area (Å²) >= 11 is 0. The van der Waals surface area contributed by atoms with Gasteiger partial charge in [0.25, 0.3) is 0 Å². The molecule has 0 spiro atoms. The summed E-state index contributed by atoms with van der Waals surface area (Å²) in [6, 6.07) is 5.86. The molecule has 2 heteroatoms. The maximum atomic E-state index is 4.08. The minimum Gasteiger partial charge on any atom is -0.236 e. The van der Waals surface area contributed by atoms with Gasteiger partial charge in [0, 0.05) is 5.39 Å². The van der Waals surface area contributed by atoms with Gasteiger partial charge in [-0.1, -0.05) is 18.7 Å². The van der Waals surface area contributed by atoms with Crippen LogP contribution in [0, 0.1) is 6.20 Å². The Balaban J connectivity index is 2.75. The van der Waals surface area contributed by atoms with Crippen molar-refractivity contribution in [3.8, 4) is 0 Å². The minimum absolute atomic E-state index is 0.913. The fourth-order valence-corrected chi connectivity index (χ4v) is 1.07. The predicted molar refractivity (Wildman–Crippen MR) is 48.5 cm³/mol. The third kappa shape index (κ3) is 1.07. The average molecular weight is 155 g/mol. The van der Waals surface area contributed by atoms with E-state index in [1.54, 1.807) is 6.08 Å². The van der Waals surface area contributed by atoms with E-state index in [1.165, 1.54) is 6.33 Å². The van der Waals surface area contributed by atoms with Crippen LogP contribution in [0.4, 0.5) is 0 Å². The van der Waals surface area contributed by atoms with Gasteiger partial charge in [-0.05, 0) is 17.7 Å². The summed E-state index contributed by atoms with van der Waals surface area (Å²) in [5.41, 5.74) is 1.98. The van der Waals surface area contributed by atoms with Crippen LogP contribution in [0.3, 0.4) is 0 Å². The van der Waals surface area contributed by atoms with Crippen LogP contribution in [-0.4, -0.2) is 9.97 Å². The zero-order valence-electron chi connectivity index (χ0n) is 6.49. The molecule has 1 radical (unpaired) electrons. The number of nitrogens with zero attached hydrogens (tertiary/aromatic N) is 2. The summed E-state index contributed by atoms with van der Waals surface area (Å²) in [6.07, 6.45) is 6.15. The van der Waals surface area contributed by atoms with E-state index >= 15 is 0 Å². The molecule has 0 saturated heterocycles. The van der Waals surface area contributed by atoms with E-state index < -0.39 is 0 Å². The highest BCUT2D eigenvalue weighted by Gasteiger charge is 1.93. The smallest absolute Gasteiger partial charge is 0.116 e. The maximum absolute atomic E-state index is 4.08. The van der Waals surface area contributed by atoms with Gasteiger partial charge >= 0.3 is 0 Å². The molecule has 2 nitrogen and oxygen atoms in total. The number of benzene rings is 1. The largest absolute Gasteiger partial charge is 0.236 e. The van der Waals surface area contributed by atoms with Gasteiger partial charge in [-0.3, -0.25) is 0 Å². The van der Waals surface area contributed by atoms with Crippen molar-refractivity contribution in [2.45, 2.75) is 0 Å². The van der Waals surface area contributed by atoms with Crippen molar-refractivity contribution in [3.63, 3.8) is 0 Å². The Labute approximate surface area is 70.6 Å². The molecule has 0 bridgehead atoms. The van der Waals surface area contributed by atoms with Gasteiger partial charge in [-0.25, -0.2) is 9.97 Å². The summed E-state index contributed by atoms with van der Waals surface area (Å²) in [6.45, 7) is 3.68. The van der Waals surface area contributed by atoms with Gasteiger partial charge in [0.1, 0.15) is 12.5 Å². The molecule has 0 unspecified atom stereocenters. The molecule has 2 rings (SSSR count). The molecule has 0 fully saturated rings. The molecule has 0 saturated carbocycles. The van der Waals surface area contributed by atoms with Gasteiger partial charge in [-0.15, -0.1) is 0 Å². The number of hydrogen-bond donors (Lipinski definition) is 0. The molecule has 0 atom stereocenters. The average Bonchev–Trinajstić information content (AvgIpc) is 2.17. The SMILES string of the molecule is C=Cc1ccc2ncn[c]c2c1. The molecule has 1 aromatic heterocycles. The van der Waals surface area contributed by atoms with Crippen molar-refractivity contribution >= 4 is 17.0 Å². The molecular formula is C10H7N2. The van der Waals surface area contributed by atoms with Crippen LogP contribution in [-0.2, 0) is 0 Å². The summed E-state index contributed by atoms with van der Waals surface area (Å²) < 4.78 is 0. The van der Waals surface area contributed by atoms with Crippen molar-refractivity contribution < 1.29 is 0 Å². The molecule has 0 aliphatic carbocycles. The molecule has 57 valence electrons. The van der Waals surface area contributed by atoms with Crippen molar-refractivity contribution in [2.24, 2.45) is 0 Å². The van der Waals surface area contributed by atoms with E-state index in [0.29, 0.717) is 0 Å². The predicted octanol–water partition coefficient (Wildman–Crippen LogP) is 2.07. The van der Waals surface area contributed by atoms with Crippen LogP contribution in [0.2, 0.25) is 0 Å². The Morgan fingerprint density at radius 2 is 2.33 bits per heavy atom. The second-order valence-electron chi connectivity index (χ2n) is 2.47. The normalized spacial score (nSPS) is 10.0. The number of hydrogen-bond acceptors (Lipinski definition) is 2. The van der Waals surface area contributed by atoms with Gasteiger partial charge < -0.3 is 0 Å². The van der Waals surface area contributed by atoms with E-state index in [4.69, 9.17) is 0 Å². The number of rotatable bonds is 1. The van der Waals surface area contributed by atoms with E-state index in [-0.39, 0.29) is 0 Å². The first kappa shape index (κ1) is 6.98. The highest BCUT2D eigenvalue weighted by molar-refractivity contribution is 5.79. The molecule has 0 aliphatic rings. The number of fused-ring (bicyclic) bond motifs is 1. The third-order valence-corrected chi connectivity index (χ3v) is 1.70. The molecule has 12 heavy (non-hydrogen) atoms. The maximum Gasteiger partial charge on any atom is 0.116 e. The van der Waals surface area contributed by atoms with Crippen LogP contribution in [0.5, 0.6) is 0 Å². The fraction of sp³-hybridized carbons (Fsp3) is 0. The Morgan fingerprint density at radius 1 is 1.42 bits per heavy atom. The first-order valence-corrected chi connectivity index (χ1v) is 3.65. The zero-order valence-corrected chi connectivity index (χ0v) is 6.49. The summed E-state index contributed by atoms with van der Waals surface area (Å²) in [7, 11) is 0. The molecule has 0 amide bonds. The van der Waals surface area contributed by atoms with E-state index in [0.717, 1.165) is 16.5 Å². The first-order valence-electron chi connectivity index (χ1n) is 3.65. The monoisotopic (exact) mass is 155 g/mol. The van der Waals surface area contributed by atoms with Crippen LogP contribution in [0.25, 0.3) is 17.0 Å². The van der Waals surface area contributed by atoms with Gasteiger partial charge in [-0.2, -0.15) is 0 Å². The van der Waals surface area contributed by atoms with Crippen LogP contribution < -0.4 is 0 Å². The Kier molecular flexibility index (Phi) is 1.59. The summed E-state index contributed by atoms with van der Waals surface area (Å²) in [5, 5.41) is 0.926. The molecule has 2 aromatic rings. The Hall–Kier alpha value is -1.70. The molecular weight excluding hydrogens is 148 g/mol. The second kappa shape index (κ2) is 2.74. The number of aromatic nitrogens is 2. The van der Waals surface area contributed by atoms with Crippen molar-refractivity contribution in [3.05, 3.63) is 42.9 Å². The van der Waals surface area contributed by atoms with Crippen molar-refractivity contribution in [2.75, 3.05) is 0 Å². The lowest BCUT2D eigenvalue weighted by Gasteiger charge is -1.95. The lowest BCUT2D eigenvalue weighted by Crippen LogP contribution is -1.81. The summed E-state index contributed by atoms with van der Waals surface area (Å²) in [4.78, 5) is 7.90. The van der Waals surface area contributed by atoms with Crippen LogP contribution >= 0.6 is 0 Å². The second-order valence-corrected chi connectivity index (χ2v) is 2.47. The standard InChI is InChI=1S/C10H7N2/c1-2-8-3-4-10-9(5-8)6-11-7-12-10/h2-5,7H,1H2. The highest BCUT2D eigenvalue weighted by Crippen LogP contribution is 2.11. The fourth-order valence-electron chi connectivity index (χ4n) is 1.07. The van der Waals surface area contributed by atoms with Gasteiger partial charge in [0.05, 0.1) is 5.52 Å². The summed E-state index contributed by atoms with van der Waals surface area (Å²) in [5.74, 6) is 0. The minimum atomic E-state index is 0.913. The topological polar surface area (TPSA) is 25.8 Å². The van der Waals surface area contributed by atoms with Crippen molar-refractivity contribution in [1.29, 1.82) is 0 Å². The van der Waals surface area contributed by atoms with Crippen LogP contribution in [0.15, 0.2) is 31.1 Å². The Bertz CT molecular complexity index is 421. The highest BCUT2D eigenvalue weighted by atomic mass is 14.8. The van der Waals surface area contributed by atoms with Crippen LogP contribution in [0.1, 0.15) is 5.56 Å². The van der Waals surface area contributed by atoms with Gasteiger partial charge in [0.2, 0.25) is 0 Å². The van der Waals surface area contributed by atoms with Gasteiger partial charge in [0.15, 0.2) is 0 Å². The van der Waals surface area contributed by atoms with E-state index in [2.05, 4.69) is 22.7 Å². The Morgan fingerprint density at radius 3 is 3.17 bits per heavy atom. The molecule has 0 aliphatic heterocycles. The quantitative estimate of drug-likeness (QED) is 0.630. The molecule has 0 N–H and O–H groups in total. The zero-order chi connectivity index (χ0) is 8.39. The first-order chi connectivity index (χ1) is 5.90. The lowest BCUT2D eigenvalue weighted by atomic mass is 10.1. The third-order valence-electron chi connectivity index (χ3n) is 1.70. The van der Waals surface area contributed by atoms with E-state index in [1.807, 2.05) is 18.2 Å². The van der Waals surface area contributed by atoms with Crippen molar-refractivity contribution in [1.82, 2.24) is 9.97 Å². The molecule has 1 aromatic carbocycles. The lowest BCUT2D eigenvalue weighted by molar-refractivity contribution is 1.21. The molecule has 1 heterocycles. The van der Waals surface area contributed by atoms with E-state index in [9.17, 15) is 0 Å².